The van der Waals surface area contributed by atoms with Gasteiger partial charge in [0, 0.05) is 13.3 Å². The van der Waals surface area contributed by atoms with Crippen LogP contribution in [0.4, 0.5) is 5.69 Å². The fraction of sp³-hybridized carbons (Fsp3) is 0.522. The summed E-state index contributed by atoms with van der Waals surface area (Å²) < 4.78 is 0. The average molecular weight is 459 g/mol. The summed E-state index contributed by atoms with van der Waals surface area (Å²) in [4.78, 5) is 63.6. The van der Waals surface area contributed by atoms with Crippen LogP contribution in [0, 0.1) is 5.92 Å². The SMILES string of the molecule is CC(=O)N[C@H](C(=O)N[C@H]1CCc2cccc3c2N(C1=O)[C@H](C(=O)N[C@@H](C)C(=O)O)C3)C(C)C. The predicted octanol–water partition coefficient (Wildman–Crippen LogP) is 0.125. The van der Waals surface area contributed by atoms with Crippen molar-refractivity contribution in [2.75, 3.05) is 4.90 Å². The number of hydrogen-bond acceptors (Lipinski definition) is 5. The molecule has 0 aliphatic carbocycles. The molecule has 0 saturated heterocycles. The van der Waals surface area contributed by atoms with E-state index in [4.69, 9.17) is 5.11 Å². The van der Waals surface area contributed by atoms with E-state index >= 15 is 0 Å². The van der Waals surface area contributed by atoms with Crippen LogP contribution in [0.1, 0.15) is 45.2 Å². The summed E-state index contributed by atoms with van der Waals surface area (Å²) in [6.45, 7) is 6.27. The van der Waals surface area contributed by atoms with E-state index in [9.17, 15) is 24.0 Å². The van der Waals surface area contributed by atoms with Gasteiger partial charge in [-0.3, -0.25) is 28.9 Å². The number of carbonyl (C=O) groups is 5. The highest BCUT2D eigenvalue weighted by molar-refractivity contribution is 6.08. The first-order valence-electron chi connectivity index (χ1n) is 11.1. The third-order valence-electron chi connectivity index (χ3n) is 6.06. The molecule has 10 nitrogen and oxygen atoms in total. The second-order valence-electron chi connectivity index (χ2n) is 8.94. The van der Waals surface area contributed by atoms with E-state index in [1.807, 2.05) is 18.2 Å². The minimum atomic E-state index is -1.18. The van der Waals surface area contributed by atoms with Gasteiger partial charge in [0.05, 0.1) is 5.69 Å². The van der Waals surface area contributed by atoms with Crippen molar-refractivity contribution in [2.45, 2.75) is 71.1 Å². The lowest BCUT2D eigenvalue weighted by Crippen LogP contribution is -2.58. The van der Waals surface area contributed by atoms with Crippen molar-refractivity contribution in [3.05, 3.63) is 29.3 Å². The van der Waals surface area contributed by atoms with Crippen molar-refractivity contribution in [2.24, 2.45) is 5.92 Å². The number of carboxylic acids is 1. The van der Waals surface area contributed by atoms with Crippen LogP contribution >= 0.6 is 0 Å². The first-order chi connectivity index (χ1) is 15.5. The minimum absolute atomic E-state index is 0.193. The monoisotopic (exact) mass is 458 g/mol. The second kappa shape index (κ2) is 9.60. The fourth-order valence-corrected chi connectivity index (χ4v) is 4.36. The number of benzene rings is 1. The highest BCUT2D eigenvalue weighted by Crippen LogP contribution is 2.39. The summed E-state index contributed by atoms with van der Waals surface area (Å²) in [5, 5.41) is 17.0. The molecule has 178 valence electrons. The number of nitrogens with one attached hydrogen (secondary N) is 3. The van der Waals surface area contributed by atoms with Gasteiger partial charge in [0.15, 0.2) is 0 Å². The Morgan fingerprint density at radius 3 is 2.36 bits per heavy atom. The molecule has 0 saturated carbocycles. The smallest absolute Gasteiger partial charge is 0.325 e. The molecule has 33 heavy (non-hydrogen) atoms. The van der Waals surface area contributed by atoms with Gasteiger partial charge in [-0.05, 0) is 36.8 Å². The summed E-state index contributed by atoms with van der Waals surface area (Å²) >= 11 is 0. The Bertz CT molecular complexity index is 991. The Hall–Kier alpha value is -3.43. The average Bonchev–Trinajstić information content (AvgIpc) is 3.07. The van der Waals surface area contributed by atoms with Gasteiger partial charge >= 0.3 is 5.97 Å². The van der Waals surface area contributed by atoms with Crippen molar-refractivity contribution in [1.29, 1.82) is 0 Å². The van der Waals surface area contributed by atoms with Crippen molar-refractivity contribution >= 4 is 35.3 Å². The van der Waals surface area contributed by atoms with Crippen molar-refractivity contribution in [1.82, 2.24) is 16.0 Å². The molecule has 4 amide bonds. The molecule has 3 rings (SSSR count). The molecule has 0 spiro atoms. The normalized spacial score (nSPS) is 21.0. The number of amides is 4. The molecule has 2 heterocycles. The molecule has 0 aromatic heterocycles. The molecule has 0 fully saturated rings. The summed E-state index contributed by atoms with van der Waals surface area (Å²) in [5.74, 6) is -3.18. The predicted molar refractivity (Wildman–Crippen MR) is 119 cm³/mol. The van der Waals surface area contributed by atoms with Crippen LogP contribution in [-0.2, 0) is 36.8 Å². The maximum Gasteiger partial charge on any atom is 0.325 e. The van der Waals surface area contributed by atoms with Crippen LogP contribution in [0.15, 0.2) is 18.2 Å². The van der Waals surface area contributed by atoms with Crippen molar-refractivity contribution in [3.8, 4) is 0 Å². The third-order valence-corrected chi connectivity index (χ3v) is 6.06. The topological polar surface area (TPSA) is 145 Å². The summed E-state index contributed by atoms with van der Waals surface area (Å²) in [7, 11) is 0. The molecule has 10 heteroatoms. The molecule has 2 aliphatic rings. The van der Waals surface area contributed by atoms with Crippen LogP contribution in [0.25, 0.3) is 0 Å². The zero-order chi connectivity index (χ0) is 24.4. The second-order valence-corrected chi connectivity index (χ2v) is 8.94. The first kappa shape index (κ1) is 24.2. The van der Waals surface area contributed by atoms with Crippen LogP contribution in [-0.4, -0.2) is 58.9 Å². The van der Waals surface area contributed by atoms with E-state index in [1.54, 1.807) is 13.8 Å². The van der Waals surface area contributed by atoms with Gasteiger partial charge in [-0.15, -0.1) is 0 Å². The number of carbonyl (C=O) groups excluding carboxylic acids is 4. The van der Waals surface area contributed by atoms with E-state index < -0.39 is 47.9 Å². The van der Waals surface area contributed by atoms with E-state index in [-0.39, 0.29) is 18.2 Å². The van der Waals surface area contributed by atoms with Crippen LogP contribution in [0.3, 0.4) is 0 Å². The number of nitrogens with zero attached hydrogens (tertiary/aromatic N) is 1. The molecule has 1 aromatic carbocycles. The summed E-state index contributed by atoms with van der Waals surface area (Å²) in [5.41, 5.74) is 2.38. The van der Waals surface area contributed by atoms with Gasteiger partial charge < -0.3 is 21.1 Å². The van der Waals surface area contributed by atoms with Crippen LogP contribution < -0.4 is 20.9 Å². The highest BCUT2D eigenvalue weighted by Gasteiger charge is 2.44. The molecule has 0 unspecified atom stereocenters. The maximum atomic E-state index is 13.6. The Labute approximate surface area is 192 Å². The number of hydrogen-bond donors (Lipinski definition) is 4. The zero-order valence-corrected chi connectivity index (χ0v) is 19.2. The van der Waals surface area contributed by atoms with Gasteiger partial charge in [-0.2, -0.15) is 0 Å². The Morgan fingerprint density at radius 2 is 1.76 bits per heavy atom. The van der Waals surface area contributed by atoms with Crippen LogP contribution in [0.2, 0.25) is 0 Å². The van der Waals surface area contributed by atoms with Crippen molar-refractivity contribution < 1.29 is 29.1 Å². The number of rotatable bonds is 7. The maximum absolute atomic E-state index is 13.6. The van der Waals surface area contributed by atoms with E-state index in [0.717, 1.165) is 11.1 Å². The molecule has 4 N–H and O–H groups in total. The van der Waals surface area contributed by atoms with Gasteiger partial charge in [-0.25, -0.2) is 0 Å². The Morgan fingerprint density at radius 1 is 1.09 bits per heavy atom. The fourth-order valence-electron chi connectivity index (χ4n) is 4.36. The van der Waals surface area contributed by atoms with E-state index in [0.29, 0.717) is 18.5 Å². The van der Waals surface area contributed by atoms with E-state index in [1.165, 1.54) is 18.7 Å². The molecule has 1 aromatic rings. The highest BCUT2D eigenvalue weighted by atomic mass is 16.4. The summed E-state index contributed by atoms with van der Waals surface area (Å²) in [6, 6.07) is 1.88. The number of aryl methyl sites for hydroxylation is 1. The molecule has 0 radical (unpaired) electrons. The Kier molecular flexibility index (Phi) is 7.04. The standard InChI is InChI=1S/C23H30N4O6/c1-11(2)18(25-13(4)28)21(30)26-16-9-8-14-6-5-7-15-10-17(27(19(14)15)22(16)31)20(29)24-12(3)23(32)33/h5-7,11-12,16-18H,8-10H2,1-4H3,(H,24,29)(H,25,28)(H,26,30)(H,32,33)/t12-,16-,17-,18-/m0/s1. The van der Waals surface area contributed by atoms with Crippen LogP contribution in [0.5, 0.6) is 0 Å². The summed E-state index contributed by atoms with van der Waals surface area (Å²) in [6.07, 6.45) is 1.11. The number of aliphatic carboxylic acids is 1. The lowest BCUT2D eigenvalue weighted by atomic mass is 10.00. The number of para-hydroxylation sites is 1. The number of anilines is 1. The molecular formula is C23H30N4O6. The molecule has 4 atom stereocenters. The Balaban J connectivity index is 1.88. The quantitative estimate of drug-likeness (QED) is 0.457. The first-order valence-corrected chi connectivity index (χ1v) is 11.1. The lowest BCUT2D eigenvalue weighted by Gasteiger charge is -2.29. The molecule has 0 bridgehead atoms. The van der Waals surface area contributed by atoms with Gasteiger partial charge in [0.1, 0.15) is 24.2 Å². The van der Waals surface area contributed by atoms with Gasteiger partial charge in [0.25, 0.3) is 0 Å². The lowest BCUT2D eigenvalue weighted by molar-refractivity contribution is -0.141. The van der Waals surface area contributed by atoms with Gasteiger partial charge in [0.2, 0.25) is 23.6 Å². The van der Waals surface area contributed by atoms with Crippen molar-refractivity contribution in [3.63, 3.8) is 0 Å². The number of carboxylic acid groups (broad SMARTS) is 1. The zero-order valence-electron chi connectivity index (χ0n) is 19.2. The van der Waals surface area contributed by atoms with E-state index in [2.05, 4.69) is 16.0 Å². The molecule has 2 aliphatic heterocycles. The van der Waals surface area contributed by atoms with Gasteiger partial charge in [-0.1, -0.05) is 32.0 Å². The minimum Gasteiger partial charge on any atom is -0.480 e. The largest absolute Gasteiger partial charge is 0.480 e. The molecular weight excluding hydrogens is 428 g/mol. The third kappa shape index (κ3) is 4.99.